The summed E-state index contributed by atoms with van der Waals surface area (Å²) in [6.07, 6.45) is 4.80. The molecule has 0 saturated carbocycles. The van der Waals surface area contributed by atoms with Crippen molar-refractivity contribution >= 4 is 48.2 Å². The van der Waals surface area contributed by atoms with Gasteiger partial charge in [-0.15, -0.1) is 24.8 Å². The van der Waals surface area contributed by atoms with Crippen molar-refractivity contribution in [2.24, 2.45) is 11.7 Å². The lowest BCUT2D eigenvalue weighted by Gasteiger charge is -2.31. The third kappa shape index (κ3) is 8.46. The SMILES string of the molecule is CSCC[C@H](N)C(=O)Nc1cccc(CN2CCC(CO)CC2)c1.Cl.Cl. The lowest BCUT2D eigenvalue weighted by molar-refractivity contribution is -0.117. The Bertz CT molecular complexity index is 529. The summed E-state index contributed by atoms with van der Waals surface area (Å²) in [4.78, 5) is 14.5. The molecule has 1 heterocycles. The van der Waals surface area contributed by atoms with Gasteiger partial charge in [0.1, 0.15) is 0 Å². The summed E-state index contributed by atoms with van der Waals surface area (Å²) >= 11 is 1.70. The first kappa shape index (κ1) is 25.5. The molecular weight excluding hydrogens is 393 g/mol. The minimum atomic E-state index is -0.460. The van der Waals surface area contributed by atoms with E-state index >= 15 is 0 Å². The van der Waals surface area contributed by atoms with Crippen LogP contribution in [0.3, 0.4) is 0 Å². The number of carbonyl (C=O) groups is 1. The van der Waals surface area contributed by atoms with Crippen LogP contribution in [0.2, 0.25) is 0 Å². The number of benzene rings is 1. The summed E-state index contributed by atoms with van der Waals surface area (Å²) in [7, 11) is 0. The third-order valence-corrected chi connectivity index (χ3v) is 5.18. The van der Waals surface area contributed by atoms with Crippen molar-refractivity contribution in [3.05, 3.63) is 29.8 Å². The van der Waals surface area contributed by atoms with Gasteiger partial charge in [-0.2, -0.15) is 11.8 Å². The molecule has 1 aliphatic heterocycles. The number of likely N-dealkylation sites (tertiary alicyclic amines) is 1. The van der Waals surface area contributed by atoms with E-state index in [1.54, 1.807) is 11.8 Å². The number of anilines is 1. The molecule has 5 nitrogen and oxygen atoms in total. The molecule has 0 unspecified atom stereocenters. The highest BCUT2D eigenvalue weighted by Crippen LogP contribution is 2.19. The molecule has 2 rings (SSSR count). The van der Waals surface area contributed by atoms with Crippen LogP contribution >= 0.6 is 36.6 Å². The Morgan fingerprint density at radius 2 is 2.08 bits per heavy atom. The third-order valence-electron chi connectivity index (χ3n) is 4.54. The number of hydrogen-bond donors (Lipinski definition) is 3. The van der Waals surface area contributed by atoms with Crippen LogP contribution in [0.15, 0.2) is 24.3 Å². The van der Waals surface area contributed by atoms with Gasteiger partial charge in [0.25, 0.3) is 0 Å². The smallest absolute Gasteiger partial charge is 0.241 e. The van der Waals surface area contributed by atoms with Gasteiger partial charge < -0.3 is 16.2 Å². The van der Waals surface area contributed by atoms with E-state index in [1.807, 2.05) is 24.5 Å². The highest BCUT2D eigenvalue weighted by atomic mass is 35.5. The van der Waals surface area contributed by atoms with Gasteiger partial charge in [0.05, 0.1) is 6.04 Å². The zero-order chi connectivity index (χ0) is 17.4. The zero-order valence-electron chi connectivity index (χ0n) is 15.2. The monoisotopic (exact) mass is 423 g/mol. The lowest BCUT2D eigenvalue weighted by Crippen LogP contribution is -2.36. The van der Waals surface area contributed by atoms with Crippen molar-refractivity contribution in [1.29, 1.82) is 0 Å². The second-order valence-electron chi connectivity index (χ2n) is 6.48. The maximum Gasteiger partial charge on any atom is 0.241 e. The largest absolute Gasteiger partial charge is 0.396 e. The Kier molecular flexibility index (Phi) is 13.4. The molecule has 0 bridgehead atoms. The molecule has 1 aromatic rings. The Morgan fingerprint density at radius 3 is 2.69 bits per heavy atom. The van der Waals surface area contributed by atoms with E-state index in [9.17, 15) is 9.90 Å². The summed E-state index contributed by atoms with van der Waals surface area (Å²) in [6, 6.07) is 7.52. The maximum atomic E-state index is 12.1. The first-order chi connectivity index (χ1) is 11.6. The van der Waals surface area contributed by atoms with Gasteiger partial charge in [0.2, 0.25) is 5.91 Å². The van der Waals surface area contributed by atoms with E-state index in [4.69, 9.17) is 5.73 Å². The number of carbonyl (C=O) groups excluding carboxylic acids is 1. The van der Waals surface area contributed by atoms with Crippen molar-refractivity contribution in [3.63, 3.8) is 0 Å². The lowest BCUT2D eigenvalue weighted by atomic mass is 9.97. The van der Waals surface area contributed by atoms with Crippen LogP contribution in [0.1, 0.15) is 24.8 Å². The quantitative estimate of drug-likeness (QED) is 0.598. The molecule has 0 radical (unpaired) electrons. The maximum absolute atomic E-state index is 12.1. The second kappa shape index (κ2) is 13.6. The van der Waals surface area contributed by atoms with Gasteiger partial charge in [-0.3, -0.25) is 9.69 Å². The fourth-order valence-electron chi connectivity index (χ4n) is 2.94. The van der Waals surface area contributed by atoms with Crippen LogP contribution in [-0.4, -0.2) is 53.7 Å². The number of rotatable bonds is 8. The van der Waals surface area contributed by atoms with Crippen LogP contribution in [0, 0.1) is 5.92 Å². The first-order valence-corrected chi connectivity index (χ1v) is 9.99. The number of nitrogens with one attached hydrogen (secondary N) is 1. The number of halogens is 2. The van der Waals surface area contributed by atoms with Gasteiger partial charge >= 0.3 is 0 Å². The first-order valence-electron chi connectivity index (χ1n) is 8.60. The van der Waals surface area contributed by atoms with Crippen molar-refractivity contribution in [2.45, 2.75) is 31.8 Å². The summed E-state index contributed by atoms with van der Waals surface area (Å²) in [5.41, 5.74) is 7.91. The molecule has 8 heteroatoms. The normalized spacial score (nSPS) is 16.3. The summed E-state index contributed by atoms with van der Waals surface area (Å²) < 4.78 is 0. The fraction of sp³-hybridized carbons (Fsp3) is 0.611. The van der Waals surface area contributed by atoms with Crippen molar-refractivity contribution < 1.29 is 9.90 Å². The van der Waals surface area contributed by atoms with E-state index in [2.05, 4.69) is 16.3 Å². The molecular formula is C18H31Cl2N3O2S. The van der Waals surface area contributed by atoms with Crippen LogP contribution in [0.25, 0.3) is 0 Å². The highest BCUT2D eigenvalue weighted by molar-refractivity contribution is 7.98. The molecule has 26 heavy (non-hydrogen) atoms. The molecule has 0 aromatic heterocycles. The predicted octanol–water partition coefficient (Wildman–Crippen LogP) is 2.75. The van der Waals surface area contributed by atoms with Crippen LogP contribution in [0.5, 0.6) is 0 Å². The molecule has 1 saturated heterocycles. The molecule has 0 spiro atoms. The average molecular weight is 424 g/mol. The van der Waals surface area contributed by atoms with Crippen LogP contribution < -0.4 is 11.1 Å². The number of aliphatic hydroxyl groups excluding tert-OH is 1. The Hall–Kier alpha value is -0.500. The number of amides is 1. The molecule has 150 valence electrons. The van der Waals surface area contributed by atoms with Gasteiger partial charge in [-0.05, 0) is 68.0 Å². The minimum Gasteiger partial charge on any atom is -0.396 e. The number of aliphatic hydroxyl groups is 1. The van der Waals surface area contributed by atoms with Crippen molar-refractivity contribution in [1.82, 2.24) is 4.90 Å². The number of hydrogen-bond acceptors (Lipinski definition) is 5. The van der Waals surface area contributed by atoms with Gasteiger partial charge in [-0.25, -0.2) is 0 Å². The molecule has 1 aromatic carbocycles. The predicted molar refractivity (Wildman–Crippen MR) is 116 cm³/mol. The number of piperidine rings is 1. The summed E-state index contributed by atoms with van der Waals surface area (Å²) in [5, 5.41) is 12.1. The topological polar surface area (TPSA) is 78.6 Å². The van der Waals surface area contributed by atoms with Crippen LogP contribution in [-0.2, 0) is 11.3 Å². The van der Waals surface area contributed by atoms with E-state index < -0.39 is 6.04 Å². The second-order valence-corrected chi connectivity index (χ2v) is 7.47. The van der Waals surface area contributed by atoms with E-state index in [-0.39, 0.29) is 30.7 Å². The van der Waals surface area contributed by atoms with E-state index in [0.29, 0.717) is 18.9 Å². The zero-order valence-corrected chi connectivity index (χ0v) is 17.7. The average Bonchev–Trinajstić information content (AvgIpc) is 2.60. The Balaban J connectivity index is 0.00000312. The fourth-order valence-corrected chi connectivity index (χ4v) is 3.43. The summed E-state index contributed by atoms with van der Waals surface area (Å²) in [6.45, 7) is 3.20. The molecule has 1 atom stereocenters. The van der Waals surface area contributed by atoms with E-state index in [1.165, 1.54) is 5.56 Å². The molecule has 1 fully saturated rings. The molecule has 1 amide bonds. The van der Waals surface area contributed by atoms with Crippen molar-refractivity contribution in [2.75, 3.05) is 37.0 Å². The number of nitrogens with zero attached hydrogens (tertiary/aromatic N) is 1. The number of thioether (sulfide) groups is 1. The van der Waals surface area contributed by atoms with Gasteiger partial charge in [-0.1, -0.05) is 12.1 Å². The van der Waals surface area contributed by atoms with Crippen molar-refractivity contribution in [3.8, 4) is 0 Å². The van der Waals surface area contributed by atoms with Gasteiger partial charge in [0, 0.05) is 18.8 Å². The van der Waals surface area contributed by atoms with Crippen LogP contribution in [0.4, 0.5) is 5.69 Å². The summed E-state index contributed by atoms with van der Waals surface area (Å²) in [5.74, 6) is 1.22. The minimum absolute atomic E-state index is 0. The molecule has 0 aliphatic carbocycles. The van der Waals surface area contributed by atoms with E-state index in [0.717, 1.165) is 43.9 Å². The Morgan fingerprint density at radius 1 is 1.38 bits per heavy atom. The Labute approximate surface area is 173 Å². The highest BCUT2D eigenvalue weighted by Gasteiger charge is 2.18. The molecule has 4 N–H and O–H groups in total. The van der Waals surface area contributed by atoms with Gasteiger partial charge in [0.15, 0.2) is 0 Å². The molecule has 1 aliphatic rings. The standard InChI is InChI=1S/C18H29N3O2S.2ClH/c1-24-10-7-17(19)18(23)20-16-4-2-3-15(11-16)12-21-8-5-14(13-22)6-9-21;;/h2-4,11,14,17,22H,5-10,12-13,19H2,1H3,(H,20,23);2*1H/t17-;;/m0../s1. The number of nitrogens with two attached hydrogens (primary N) is 1.